The molecule has 1 aromatic heterocycles. The van der Waals surface area contributed by atoms with Gasteiger partial charge >= 0.3 is 5.97 Å². The second kappa shape index (κ2) is 5.82. The SMILES string of the molecule is CCCOC(=O)C(C)N1C(=O)C(C)(C)Oc2ccc(N)nc21. The third kappa shape index (κ3) is 2.84. The van der Waals surface area contributed by atoms with E-state index in [0.717, 1.165) is 0 Å². The highest BCUT2D eigenvalue weighted by Gasteiger charge is 2.45. The van der Waals surface area contributed by atoms with Crippen LogP contribution in [-0.2, 0) is 14.3 Å². The van der Waals surface area contributed by atoms with E-state index >= 15 is 0 Å². The molecule has 2 N–H and O–H groups in total. The van der Waals surface area contributed by atoms with Gasteiger partial charge in [0.25, 0.3) is 5.91 Å². The number of carbonyl (C=O) groups excluding carboxylic acids is 2. The Kier molecular flexibility index (Phi) is 4.25. The summed E-state index contributed by atoms with van der Waals surface area (Å²) in [6, 6.07) is 2.42. The summed E-state index contributed by atoms with van der Waals surface area (Å²) in [7, 11) is 0. The summed E-state index contributed by atoms with van der Waals surface area (Å²) >= 11 is 0. The van der Waals surface area contributed by atoms with Crippen molar-refractivity contribution >= 4 is 23.5 Å². The summed E-state index contributed by atoms with van der Waals surface area (Å²) in [5.74, 6) is 0.0512. The zero-order chi connectivity index (χ0) is 16.5. The number of nitrogens with zero attached hydrogens (tertiary/aromatic N) is 2. The van der Waals surface area contributed by atoms with Crippen LogP contribution in [0.1, 0.15) is 34.1 Å². The Morgan fingerprint density at radius 1 is 1.50 bits per heavy atom. The minimum Gasteiger partial charge on any atom is -0.474 e. The maximum absolute atomic E-state index is 12.7. The van der Waals surface area contributed by atoms with Crippen molar-refractivity contribution in [1.29, 1.82) is 0 Å². The Balaban J connectivity index is 2.42. The van der Waals surface area contributed by atoms with Gasteiger partial charge in [-0.2, -0.15) is 0 Å². The fourth-order valence-electron chi connectivity index (χ4n) is 2.20. The van der Waals surface area contributed by atoms with E-state index in [9.17, 15) is 9.59 Å². The number of rotatable bonds is 4. The Labute approximate surface area is 129 Å². The van der Waals surface area contributed by atoms with Crippen molar-refractivity contribution in [3.05, 3.63) is 12.1 Å². The van der Waals surface area contributed by atoms with Gasteiger partial charge in [0.05, 0.1) is 6.61 Å². The number of anilines is 2. The highest BCUT2D eigenvalue weighted by molar-refractivity contribution is 6.05. The predicted molar refractivity (Wildman–Crippen MR) is 81.6 cm³/mol. The fourth-order valence-corrected chi connectivity index (χ4v) is 2.20. The van der Waals surface area contributed by atoms with Gasteiger partial charge in [-0.15, -0.1) is 0 Å². The second-order valence-electron chi connectivity index (χ2n) is 5.69. The monoisotopic (exact) mass is 307 g/mol. The molecule has 1 atom stereocenters. The average molecular weight is 307 g/mol. The number of pyridine rings is 1. The molecule has 0 radical (unpaired) electrons. The van der Waals surface area contributed by atoms with Gasteiger partial charge in [-0.25, -0.2) is 9.78 Å². The maximum atomic E-state index is 12.7. The van der Waals surface area contributed by atoms with E-state index in [1.165, 1.54) is 4.90 Å². The topological polar surface area (TPSA) is 94.8 Å². The van der Waals surface area contributed by atoms with Crippen LogP contribution in [0.5, 0.6) is 5.75 Å². The zero-order valence-electron chi connectivity index (χ0n) is 13.3. The molecule has 1 unspecified atom stereocenters. The number of aromatic nitrogens is 1. The molecule has 0 saturated carbocycles. The van der Waals surface area contributed by atoms with Crippen molar-refractivity contribution in [2.75, 3.05) is 17.2 Å². The van der Waals surface area contributed by atoms with Crippen molar-refractivity contribution in [2.24, 2.45) is 0 Å². The molecule has 120 valence electrons. The Morgan fingerprint density at radius 2 is 2.18 bits per heavy atom. The number of nitrogens with two attached hydrogens (primary N) is 1. The first-order chi connectivity index (χ1) is 10.3. The molecule has 0 fully saturated rings. The standard InChI is InChI=1S/C15H21N3O4/c1-5-8-21-13(19)9(2)18-12-10(6-7-11(16)17-12)22-15(3,4)14(18)20/h6-7,9H,5,8H2,1-4H3,(H2,16,17). The molecule has 2 heterocycles. The minimum atomic E-state index is -1.09. The molecule has 1 aliphatic heterocycles. The third-order valence-electron chi connectivity index (χ3n) is 3.36. The van der Waals surface area contributed by atoms with E-state index in [1.807, 2.05) is 6.92 Å². The first-order valence-corrected chi connectivity index (χ1v) is 7.23. The average Bonchev–Trinajstić information content (AvgIpc) is 2.46. The summed E-state index contributed by atoms with van der Waals surface area (Å²) in [6.07, 6.45) is 0.711. The van der Waals surface area contributed by atoms with E-state index in [1.54, 1.807) is 32.9 Å². The number of amides is 1. The Morgan fingerprint density at radius 3 is 2.82 bits per heavy atom. The number of hydrogen-bond donors (Lipinski definition) is 1. The highest BCUT2D eigenvalue weighted by atomic mass is 16.5. The summed E-state index contributed by atoms with van der Waals surface area (Å²) in [4.78, 5) is 30.2. The van der Waals surface area contributed by atoms with Gasteiger partial charge in [0.15, 0.2) is 17.2 Å². The van der Waals surface area contributed by atoms with Crippen LogP contribution >= 0.6 is 0 Å². The molecule has 1 aliphatic rings. The number of fused-ring (bicyclic) bond motifs is 1. The van der Waals surface area contributed by atoms with Gasteiger partial charge in [0.2, 0.25) is 0 Å². The van der Waals surface area contributed by atoms with Crippen LogP contribution < -0.4 is 15.4 Å². The smallest absolute Gasteiger partial charge is 0.329 e. The number of esters is 1. The molecule has 0 aliphatic carbocycles. The lowest BCUT2D eigenvalue weighted by Gasteiger charge is -2.39. The van der Waals surface area contributed by atoms with Crippen molar-refractivity contribution in [1.82, 2.24) is 4.98 Å². The normalized spacial score (nSPS) is 17.5. The van der Waals surface area contributed by atoms with Crippen LogP contribution in [0, 0.1) is 0 Å². The first kappa shape index (κ1) is 16.1. The number of ether oxygens (including phenoxy) is 2. The third-order valence-corrected chi connectivity index (χ3v) is 3.36. The van der Waals surface area contributed by atoms with E-state index in [0.29, 0.717) is 18.8 Å². The number of nitrogen functional groups attached to an aromatic ring is 1. The lowest BCUT2D eigenvalue weighted by Crippen LogP contribution is -2.57. The van der Waals surface area contributed by atoms with Gasteiger partial charge in [0.1, 0.15) is 11.9 Å². The van der Waals surface area contributed by atoms with Gasteiger partial charge in [-0.1, -0.05) is 6.92 Å². The van der Waals surface area contributed by atoms with Crippen LogP contribution in [0.2, 0.25) is 0 Å². The molecular weight excluding hydrogens is 286 g/mol. The van der Waals surface area contributed by atoms with Gasteiger partial charge in [-0.05, 0) is 39.3 Å². The van der Waals surface area contributed by atoms with Gasteiger partial charge in [0, 0.05) is 0 Å². The van der Waals surface area contributed by atoms with Crippen LogP contribution in [-0.4, -0.2) is 35.1 Å². The Hall–Kier alpha value is -2.31. The highest BCUT2D eigenvalue weighted by Crippen LogP contribution is 2.38. The van der Waals surface area contributed by atoms with E-state index in [2.05, 4.69) is 4.98 Å². The van der Waals surface area contributed by atoms with Crippen LogP contribution in [0.4, 0.5) is 11.6 Å². The number of carbonyl (C=O) groups is 2. The van der Waals surface area contributed by atoms with Crippen LogP contribution in [0.15, 0.2) is 12.1 Å². The molecule has 0 aromatic carbocycles. The first-order valence-electron chi connectivity index (χ1n) is 7.23. The van der Waals surface area contributed by atoms with Gasteiger partial charge < -0.3 is 15.2 Å². The molecule has 0 spiro atoms. The molecule has 22 heavy (non-hydrogen) atoms. The predicted octanol–water partition coefficient (Wildman–Crippen LogP) is 1.51. The van der Waals surface area contributed by atoms with Crippen molar-refractivity contribution in [2.45, 2.75) is 45.8 Å². The lowest BCUT2D eigenvalue weighted by molar-refractivity contribution is -0.147. The summed E-state index contributed by atoms with van der Waals surface area (Å²) < 4.78 is 10.8. The largest absolute Gasteiger partial charge is 0.474 e. The number of hydrogen-bond acceptors (Lipinski definition) is 6. The molecule has 2 rings (SSSR count). The van der Waals surface area contributed by atoms with Crippen molar-refractivity contribution < 1.29 is 19.1 Å². The molecule has 1 aromatic rings. The molecule has 0 saturated heterocycles. The van der Waals surface area contributed by atoms with Crippen LogP contribution in [0.25, 0.3) is 0 Å². The summed E-state index contributed by atoms with van der Waals surface area (Å²) in [5.41, 5.74) is 4.60. The lowest BCUT2D eigenvalue weighted by atomic mass is 10.0. The van der Waals surface area contributed by atoms with E-state index < -0.39 is 17.6 Å². The fraction of sp³-hybridized carbons (Fsp3) is 0.533. The maximum Gasteiger partial charge on any atom is 0.329 e. The zero-order valence-corrected chi connectivity index (χ0v) is 13.3. The van der Waals surface area contributed by atoms with Crippen molar-refractivity contribution in [3.63, 3.8) is 0 Å². The summed E-state index contributed by atoms with van der Waals surface area (Å²) in [5, 5.41) is 0. The van der Waals surface area contributed by atoms with Crippen LogP contribution in [0.3, 0.4) is 0 Å². The molecule has 7 heteroatoms. The van der Waals surface area contributed by atoms with Crippen molar-refractivity contribution in [3.8, 4) is 5.75 Å². The van der Waals surface area contributed by atoms with Gasteiger partial charge in [-0.3, -0.25) is 9.69 Å². The molecule has 7 nitrogen and oxygen atoms in total. The second-order valence-corrected chi connectivity index (χ2v) is 5.69. The van der Waals surface area contributed by atoms with E-state index in [-0.39, 0.29) is 17.5 Å². The quantitative estimate of drug-likeness (QED) is 0.847. The minimum absolute atomic E-state index is 0.241. The molecular formula is C15H21N3O4. The molecule has 0 bridgehead atoms. The molecule has 1 amide bonds. The Bertz CT molecular complexity index is 600. The van der Waals surface area contributed by atoms with E-state index in [4.69, 9.17) is 15.2 Å². The summed E-state index contributed by atoms with van der Waals surface area (Å²) in [6.45, 7) is 7.10.